The summed E-state index contributed by atoms with van der Waals surface area (Å²) in [6, 6.07) is 2.01. The van der Waals surface area contributed by atoms with Gasteiger partial charge in [-0.2, -0.15) is 11.8 Å². The molecule has 1 amide bonds. The summed E-state index contributed by atoms with van der Waals surface area (Å²) < 4.78 is 1.43. The molecule has 1 aromatic heterocycles. The van der Waals surface area contributed by atoms with Crippen molar-refractivity contribution >= 4 is 35.2 Å². The van der Waals surface area contributed by atoms with E-state index in [2.05, 4.69) is 5.32 Å². The molecule has 2 N–H and O–H groups in total. The zero-order valence-corrected chi connectivity index (χ0v) is 13.8. The average molecular weight is 347 g/mol. The first-order valence-electron chi connectivity index (χ1n) is 6.81. The van der Waals surface area contributed by atoms with E-state index in [1.165, 1.54) is 34.7 Å². The number of aromatic nitrogens is 1. The van der Waals surface area contributed by atoms with Gasteiger partial charge in [0.2, 0.25) is 5.91 Å². The fourth-order valence-corrected chi connectivity index (χ4v) is 2.50. The number of halogens is 1. The highest BCUT2D eigenvalue weighted by atomic mass is 35.5. The second kappa shape index (κ2) is 9.53. The average Bonchev–Trinajstić information content (AvgIpc) is 2.46. The second-order valence-corrected chi connectivity index (χ2v) is 6.14. The van der Waals surface area contributed by atoms with Crippen molar-refractivity contribution in [2.24, 2.45) is 0 Å². The second-order valence-electron chi connectivity index (χ2n) is 4.72. The first-order chi connectivity index (χ1) is 10.4. The number of nitrogens with one attached hydrogen (secondary N) is 1. The predicted molar refractivity (Wildman–Crippen MR) is 87.5 cm³/mol. The number of rotatable bonds is 9. The molecule has 0 radical (unpaired) electrons. The molecule has 0 saturated carbocycles. The molecule has 1 rings (SSSR count). The van der Waals surface area contributed by atoms with Gasteiger partial charge in [0.05, 0.1) is 5.02 Å². The Morgan fingerprint density at radius 3 is 2.82 bits per heavy atom. The first-order valence-corrected chi connectivity index (χ1v) is 8.58. The monoisotopic (exact) mass is 346 g/mol. The highest BCUT2D eigenvalue weighted by Gasteiger charge is 2.18. The van der Waals surface area contributed by atoms with E-state index < -0.39 is 12.0 Å². The van der Waals surface area contributed by atoms with Crippen molar-refractivity contribution in [3.63, 3.8) is 0 Å². The third-order valence-electron chi connectivity index (χ3n) is 2.99. The van der Waals surface area contributed by atoms with Crippen LogP contribution in [-0.4, -0.2) is 39.6 Å². The zero-order valence-electron chi connectivity index (χ0n) is 12.3. The van der Waals surface area contributed by atoms with Gasteiger partial charge in [0.1, 0.15) is 6.04 Å². The number of pyridine rings is 1. The Balaban J connectivity index is 2.43. The predicted octanol–water partition coefficient (Wildman–Crippen LogP) is 1.60. The number of carbonyl (C=O) groups excluding carboxylic acids is 1. The minimum atomic E-state index is -1.03. The van der Waals surface area contributed by atoms with Crippen LogP contribution in [-0.2, 0) is 16.1 Å². The summed E-state index contributed by atoms with van der Waals surface area (Å²) in [6.07, 6.45) is 4.36. The van der Waals surface area contributed by atoms with E-state index in [-0.39, 0.29) is 17.9 Å². The maximum Gasteiger partial charge on any atom is 0.326 e. The lowest BCUT2D eigenvalue weighted by molar-refractivity contribution is -0.141. The standard InChI is InChI=1S/C14H19ClN2O4S/c1-22-8-6-11(14(20)21)16-12(18)3-2-7-17-9-10(15)4-5-13(17)19/h4-5,9,11H,2-3,6-8H2,1H3,(H,16,18)(H,20,21). The molecule has 8 heteroatoms. The molecule has 0 aliphatic carbocycles. The first kappa shape index (κ1) is 18.6. The van der Waals surface area contributed by atoms with E-state index in [0.717, 1.165) is 0 Å². The summed E-state index contributed by atoms with van der Waals surface area (Å²) >= 11 is 7.33. The summed E-state index contributed by atoms with van der Waals surface area (Å²) in [7, 11) is 0. The molecule has 6 nitrogen and oxygen atoms in total. The molecule has 1 atom stereocenters. The minimum absolute atomic E-state index is 0.155. The van der Waals surface area contributed by atoms with E-state index in [4.69, 9.17) is 16.7 Å². The van der Waals surface area contributed by atoms with Crippen molar-refractivity contribution < 1.29 is 14.7 Å². The topological polar surface area (TPSA) is 88.4 Å². The van der Waals surface area contributed by atoms with Crippen LogP contribution < -0.4 is 10.9 Å². The molecule has 22 heavy (non-hydrogen) atoms. The van der Waals surface area contributed by atoms with Crippen molar-refractivity contribution in [1.82, 2.24) is 9.88 Å². The summed E-state index contributed by atoms with van der Waals surface area (Å²) in [5.74, 6) is -0.702. The quantitative estimate of drug-likeness (QED) is 0.709. The number of hydrogen-bond acceptors (Lipinski definition) is 4. The molecule has 0 aliphatic heterocycles. The molecule has 1 unspecified atom stereocenters. The zero-order chi connectivity index (χ0) is 16.5. The maximum atomic E-state index is 11.8. The molecule has 0 saturated heterocycles. The maximum absolute atomic E-state index is 11.8. The number of carboxylic acid groups (broad SMARTS) is 1. The fraction of sp³-hybridized carbons (Fsp3) is 0.500. The molecule has 0 aromatic carbocycles. The summed E-state index contributed by atoms with van der Waals surface area (Å²) in [6.45, 7) is 0.357. The van der Waals surface area contributed by atoms with Gasteiger partial charge in [-0.1, -0.05) is 11.6 Å². The Bertz CT molecular complexity index is 576. The Labute approximate surface area is 137 Å². The Morgan fingerprint density at radius 2 is 2.18 bits per heavy atom. The molecular weight excluding hydrogens is 328 g/mol. The molecule has 1 aromatic rings. The number of aryl methyl sites for hydroxylation is 1. The van der Waals surface area contributed by atoms with Crippen LogP contribution in [0.15, 0.2) is 23.1 Å². The summed E-state index contributed by atoms with van der Waals surface area (Å²) in [5, 5.41) is 12.0. The van der Waals surface area contributed by atoms with Gasteiger partial charge in [-0.15, -0.1) is 0 Å². The van der Waals surface area contributed by atoms with Gasteiger partial charge >= 0.3 is 5.97 Å². The number of carboxylic acids is 1. The number of nitrogens with zero attached hydrogens (tertiary/aromatic N) is 1. The van der Waals surface area contributed by atoms with Crippen LogP contribution in [0.3, 0.4) is 0 Å². The van der Waals surface area contributed by atoms with Crippen molar-refractivity contribution in [2.75, 3.05) is 12.0 Å². The molecule has 1 heterocycles. The number of aliphatic carboxylic acids is 1. The van der Waals surface area contributed by atoms with Crippen molar-refractivity contribution in [3.05, 3.63) is 33.7 Å². The Kier molecular flexibility index (Phi) is 8.05. The van der Waals surface area contributed by atoms with E-state index >= 15 is 0 Å². The van der Waals surface area contributed by atoms with Crippen molar-refractivity contribution in [3.8, 4) is 0 Å². The summed E-state index contributed by atoms with van der Waals surface area (Å²) in [5.41, 5.74) is -0.187. The molecule has 0 fully saturated rings. The van der Waals surface area contributed by atoms with Gasteiger partial charge in [0.15, 0.2) is 0 Å². The normalized spacial score (nSPS) is 11.9. The lowest BCUT2D eigenvalue weighted by atomic mass is 10.2. The van der Waals surface area contributed by atoms with Crippen LogP contribution >= 0.6 is 23.4 Å². The van der Waals surface area contributed by atoms with E-state index in [1.807, 2.05) is 6.26 Å². The highest BCUT2D eigenvalue weighted by Crippen LogP contribution is 2.05. The number of hydrogen-bond donors (Lipinski definition) is 2. The van der Waals surface area contributed by atoms with Crippen LogP contribution in [0.5, 0.6) is 0 Å². The van der Waals surface area contributed by atoms with Crippen molar-refractivity contribution in [1.29, 1.82) is 0 Å². The Hall–Kier alpha value is -1.47. The van der Waals surface area contributed by atoms with Gasteiger partial charge in [0, 0.05) is 25.2 Å². The van der Waals surface area contributed by atoms with Crippen molar-refractivity contribution in [2.45, 2.75) is 31.8 Å². The minimum Gasteiger partial charge on any atom is -0.480 e. The Morgan fingerprint density at radius 1 is 1.45 bits per heavy atom. The fourth-order valence-electron chi connectivity index (χ4n) is 1.85. The molecule has 0 aliphatic rings. The third kappa shape index (κ3) is 6.53. The van der Waals surface area contributed by atoms with Crippen LogP contribution in [0.1, 0.15) is 19.3 Å². The molecule has 0 bridgehead atoms. The lowest BCUT2D eigenvalue weighted by Crippen LogP contribution is -2.41. The SMILES string of the molecule is CSCCC(NC(=O)CCCn1cc(Cl)ccc1=O)C(=O)O. The smallest absolute Gasteiger partial charge is 0.326 e. The molecular formula is C14H19ClN2O4S. The third-order valence-corrected chi connectivity index (χ3v) is 3.86. The number of carbonyl (C=O) groups is 2. The van der Waals surface area contributed by atoms with E-state index in [1.54, 1.807) is 0 Å². The van der Waals surface area contributed by atoms with Gasteiger partial charge < -0.3 is 15.0 Å². The molecule has 0 spiro atoms. The van der Waals surface area contributed by atoms with E-state index in [0.29, 0.717) is 30.2 Å². The highest BCUT2D eigenvalue weighted by molar-refractivity contribution is 7.98. The van der Waals surface area contributed by atoms with Crippen LogP contribution in [0.2, 0.25) is 5.02 Å². The van der Waals surface area contributed by atoms with Crippen LogP contribution in [0.4, 0.5) is 0 Å². The lowest BCUT2D eigenvalue weighted by Gasteiger charge is -2.14. The van der Waals surface area contributed by atoms with Crippen LogP contribution in [0.25, 0.3) is 0 Å². The van der Waals surface area contributed by atoms with Gasteiger partial charge in [-0.25, -0.2) is 4.79 Å². The van der Waals surface area contributed by atoms with Crippen LogP contribution in [0, 0.1) is 0 Å². The molecule has 122 valence electrons. The largest absolute Gasteiger partial charge is 0.480 e. The van der Waals surface area contributed by atoms with Gasteiger partial charge in [-0.05, 0) is 30.9 Å². The van der Waals surface area contributed by atoms with Gasteiger partial charge in [-0.3, -0.25) is 9.59 Å². The van der Waals surface area contributed by atoms with E-state index in [9.17, 15) is 14.4 Å². The number of amides is 1. The van der Waals surface area contributed by atoms with Gasteiger partial charge in [0.25, 0.3) is 5.56 Å². The number of thioether (sulfide) groups is 1. The summed E-state index contributed by atoms with van der Waals surface area (Å²) in [4.78, 5) is 34.4.